The normalized spacial score (nSPS) is 24.3. The van der Waals surface area contributed by atoms with Crippen molar-refractivity contribution < 1.29 is 23.9 Å². The van der Waals surface area contributed by atoms with Crippen molar-refractivity contribution in [2.75, 3.05) is 10.6 Å². The van der Waals surface area contributed by atoms with Crippen LogP contribution >= 0.6 is 23.2 Å². The molecule has 1 unspecified atom stereocenters. The van der Waals surface area contributed by atoms with Gasteiger partial charge in [-0.15, -0.1) is 0 Å². The van der Waals surface area contributed by atoms with Gasteiger partial charge in [-0.25, -0.2) is 4.39 Å². The number of anilines is 2. The highest BCUT2D eigenvalue weighted by atomic mass is 35.5. The Hall–Kier alpha value is -3.46. The molecule has 212 valence electrons. The number of carbonyl (C=O) groups is 3. The van der Waals surface area contributed by atoms with E-state index in [1.807, 2.05) is 0 Å². The molecule has 10 heteroatoms. The molecule has 2 fully saturated rings. The molecule has 2 amide bonds. The molecule has 7 nitrogen and oxygen atoms in total. The number of halogens is 3. The zero-order chi connectivity index (χ0) is 28.9. The summed E-state index contributed by atoms with van der Waals surface area (Å²) < 4.78 is 16.0. The monoisotopic (exact) mass is 595 g/mol. The average Bonchev–Trinajstić information content (AvgIpc) is 3.38. The Morgan fingerprint density at radius 2 is 1.78 bits per heavy atom. The lowest BCUT2D eigenvalue weighted by molar-refractivity contribution is -0.136. The van der Waals surface area contributed by atoms with Crippen LogP contribution in [0.3, 0.4) is 0 Å². The quantitative estimate of drug-likeness (QED) is 0.287. The number of hydrogen-bond donors (Lipinski definition) is 4. The van der Waals surface area contributed by atoms with E-state index >= 15 is 4.39 Å². The molecular formula is C31H28Cl2FN3O4. The fourth-order valence-electron chi connectivity index (χ4n) is 7.37. The first kappa shape index (κ1) is 27.7. The fraction of sp³-hybridized carbons (Fsp3) is 0.323. The maximum atomic E-state index is 16.0. The Bertz CT molecular complexity index is 1570. The SMILES string of the molecule is O=C(O)Cc1cccc(NC(=O)[C@@H]2NC3(CCCCC3)C3(C(=O)Nc4cc(Cl)ccc43)[C@H]2c2cccc(Cl)c2F)c1. The van der Waals surface area contributed by atoms with Crippen LogP contribution in [-0.4, -0.2) is 34.5 Å². The smallest absolute Gasteiger partial charge is 0.307 e. The van der Waals surface area contributed by atoms with Gasteiger partial charge in [0.25, 0.3) is 0 Å². The van der Waals surface area contributed by atoms with Crippen LogP contribution in [0.25, 0.3) is 0 Å². The second kappa shape index (κ2) is 10.4. The molecule has 1 saturated heterocycles. The average molecular weight is 596 g/mol. The first-order valence-electron chi connectivity index (χ1n) is 13.6. The minimum atomic E-state index is -1.33. The van der Waals surface area contributed by atoms with Gasteiger partial charge in [-0.05, 0) is 59.9 Å². The van der Waals surface area contributed by atoms with Crippen LogP contribution in [0.4, 0.5) is 15.8 Å². The molecule has 3 aromatic carbocycles. The van der Waals surface area contributed by atoms with Crippen molar-refractivity contribution in [1.29, 1.82) is 0 Å². The van der Waals surface area contributed by atoms with Crippen LogP contribution in [0.1, 0.15) is 54.7 Å². The molecule has 3 atom stereocenters. The maximum Gasteiger partial charge on any atom is 0.307 e. The molecule has 3 aliphatic rings. The lowest BCUT2D eigenvalue weighted by Gasteiger charge is -2.47. The number of rotatable bonds is 5. The number of aliphatic carboxylic acids is 1. The summed E-state index contributed by atoms with van der Waals surface area (Å²) in [5, 5.41) is 19.1. The van der Waals surface area contributed by atoms with E-state index in [1.54, 1.807) is 54.6 Å². The summed E-state index contributed by atoms with van der Waals surface area (Å²) in [5.74, 6) is -3.39. The molecule has 6 rings (SSSR count). The first-order chi connectivity index (χ1) is 19.7. The van der Waals surface area contributed by atoms with Crippen molar-refractivity contribution in [2.45, 2.75) is 61.4 Å². The first-order valence-corrected chi connectivity index (χ1v) is 14.4. The van der Waals surface area contributed by atoms with Crippen LogP contribution in [0.2, 0.25) is 10.0 Å². The highest BCUT2D eigenvalue weighted by molar-refractivity contribution is 6.31. The largest absolute Gasteiger partial charge is 0.481 e. The molecule has 1 saturated carbocycles. The van der Waals surface area contributed by atoms with Gasteiger partial charge in [0.05, 0.1) is 17.5 Å². The minimum Gasteiger partial charge on any atom is -0.481 e. The molecule has 1 aliphatic carbocycles. The predicted molar refractivity (Wildman–Crippen MR) is 155 cm³/mol. The molecule has 3 aromatic rings. The van der Waals surface area contributed by atoms with E-state index in [-0.39, 0.29) is 22.9 Å². The summed E-state index contributed by atoms with van der Waals surface area (Å²) >= 11 is 12.6. The number of hydrogen-bond acceptors (Lipinski definition) is 4. The van der Waals surface area contributed by atoms with Crippen LogP contribution in [0, 0.1) is 5.82 Å². The minimum absolute atomic E-state index is 0.0995. The van der Waals surface area contributed by atoms with E-state index in [2.05, 4.69) is 16.0 Å². The number of nitrogens with one attached hydrogen (secondary N) is 3. The van der Waals surface area contributed by atoms with Crippen LogP contribution < -0.4 is 16.0 Å². The molecule has 2 aliphatic heterocycles. The van der Waals surface area contributed by atoms with Gasteiger partial charge in [-0.2, -0.15) is 0 Å². The number of amides is 2. The van der Waals surface area contributed by atoms with Crippen LogP contribution in [0.5, 0.6) is 0 Å². The summed E-state index contributed by atoms with van der Waals surface area (Å²) in [4.78, 5) is 39.8. The van der Waals surface area contributed by atoms with Crippen molar-refractivity contribution in [2.24, 2.45) is 0 Å². The fourth-order valence-corrected chi connectivity index (χ4v) is 7.73. The molecule has 0 aromatic heterocycles. The Morgan fingerprint density at radius 3 is 2.54 bits per heavy atom. The Kier molecular flexibility index (Phi) is 7.04. The van der Waals surface area contributed by atoms with Gasteiger partial charge < -0.3 is 15.7 Å². The zero-order valence-electron chi connectivity index (χ0n) is 22.0. The van der Waals surface area contributed by atoms with E-state index in [0.717, 1.165) is 19.3 Å². The second-order valence-corrected chi connectivity index (χ2v) is 11.9. The Balaban J connectivity index is 1.53. The highest BCUT2D eigenvalue weighted by Gasteiger charge is 2.72. The van der Waals surface area contributed by atoms with Crippen molar-refractivity contribution in [3.8, 4) is 0 Å². The Labute approximate surface area is 246 Å². The summed E-state index contributed by atoms with van der Waals surface area (Å²) in [6, 6.07) is 15.4. The van der Waals surface area contributed by atoms with Crippen LogP contribution in [-0.2, 0) is 26.2 Å². The van der Waals surface area contributed by atoms with Gasteiger partial charge in [-0.3, -0.25) is 19.7 Å². The summed E-state index contributed by atoms with van der Waals surface area (Å²) in [7, 11) is 0. The van der Waals surface area contributed by atoms with Crippen molar-refractivity contribution >= 4 is 52.4 Å². The predicted octanol–water partition coefficient (Wildman–Crippen LogP) is 6.05. The summed E-state index contributed by atoms with van der Waals surface area (Å²) in [6.07, 6.45) is 3.67. The van der Waals surface area contributed by atoms with Crippen molar-refractivity contribution in [3.05, 3.63) is 93.2 Å². The van der Waals surface area contributed by atoms with Gasteiger partial charge in [0.1, 0.15) is 11.2 Å². The lowest BCUT2D eigenvalue weighted by atomic mass is 9.55. The summed E-state index contributed by atoms with van der Waals surface area (Å²) in [5.41, 5.74) is 0.141. The third-order valence-corrected chi connectivity index (χ3v) is 9.38. The molecule has 0 bridgehead atoms. The highest BCUT2D eigenvalue weighted by Crippen LogP contribution is 2.62. The van der Waals surface area contributed by atoms with Gasteiger partial charge in [-0.1, -0.05) is 72.8 Å². The molecule has 4 N–H and O–H groups in total. The third kappa shape index (κ3) is 4.40. The zero-order valence-corrected chi connectivity index (χ0v) is 23.5. The van der Waals surface area contributed by atoms with E-state index in [1.165, 1.54) is 6.07 Å². The van der Waals surface area contributed by atoms with Gasteiger partial charge >= 0.3 is 5.97 Å². The molecule has 41 heavy (non-hydrogen) atoms. The van der Waals surface area contributed by atoms with Crippen molar-refractivity contribution in [1.82, 2.24) is 5.32 Å². The molecular weight excluding hydrogens is 568 g/mol. The van der Waals surface area contributed by atoms with Crippen molar-refractivity contribution in [3.63, 3.8) is 0 Å². The number of carbonyl (C=O) groups excluding carboxylic acids is 2. The third-order valence-electron chi connectivity index (χ3n) is 8.86. The van der Waals surface area contributed by atoms with E-state index in [4.69, 9.17) is 23.2 Å². The number of fused-ring (bicyclic) bond motifs is 3. The maximum absolute atomic E-state index is 16.0. The summed E-state index contributed by atoms with van der Waals surface area (Å²) in [6.45, 7) is 0. The second-order valence-electron chi connectivity index (χ2n) is 11.1. The number of carboxylic acids is 1. The molecule has 2 heterocycles. The topological polar surface area (TPSA) is 108 Å². The van der Waals surface area contributed by atoms with Gasteiger partial charge in [0.15, 0.2) is 0 Å². The van der Waals surface area contributed by atoms with Gasteiger partial charge in [0, 0.05) is 27.9 Å². The van der Waals surface area contributed by atoms with Gasteiger partial charge in [0.2, 0.25) is 11.8 Å². The van der Waals surface area contributed by atoms with Crippen LogP contribution in [0.15, 0.2) is 60.7 Å². The standard InChI is InChI=1S/C31H28Cl2FN3O4/c32-18-10-11-21-23(16-18)36-29(41)31(21)25(20-8-5-9-22(33)26(20)34)27(37-30(31)12-2-1-3-13-30)28(40)35-19-7-4-6-17(14-19)15-24(38)39/h4-11,14,16,25,27,37H,1-3,12-13,15H2,(H,35,40)(H,36,41)(H,38,39)/t25-,27+,31?/m0/s1. The number of carboxylic acid groups (broad SMARTS) is 1. The molecule has 0 radical (unpaired) electrons. The van der Waals surface area contributed by atoms with E-state index < -0.39 is 40.6 Å². The van der Waals surface area contributed by atoms with E-state index in [0.29, 0.717) is 40.4 Å². The molecule has 2 spiro atoms. The lowest BCUT2D eigenvalue weighted by Crippen LogP contribution is -2.60. The van der Waals surface area contributed by atoms with E-state index in [9.17, 15) is 19.5 Å². The Morgan fingerprint density at radius 1 is 1.02 bits per heavy atom. The number of benzene rings is 3.